The van der Waals surface area contributed by atoms with Gasteiger partial charge in [0.15, 0.2) is 5.15 Å². The molecular formula is C10H8Cl2N2O2. The first-order valence-corrected chi connectivity index (χ1v) is 5.38. The molecule has 0 unspecified atom stereocenters. The SMILES string of the molecule is O=C(O)CCc1nc(Cl)c2c(Cl)cccn12. The van der Waals surface area contributed by atoms with E-state index in [1.165, 1.54) is 0 Å². The monoisotopic (exact) mass is 258 g/mol. The molecule has 0 radical (unpaired) electrons. The molecule has 84 valence electrons. The lowest BCUT2D eigenvalue weighted by Gasteiger charge is -1.99. The molecule has 6 heteroatoms. The molecule has 0 saturated heterocycles. The van der Waals surface area contributed by atoms with Gasteiger partial charge >= 0.3 is 5.97 Å². The summed E-state index contributed by atoms with van der Waals surface area (Å²) < 4.78 is 1.72. The van der Waals surface area contributed by atoms with Crippen molar-refractivity contribution in [3.8, 4) is 0 Å². The Balaban J connectivity index is 2.47. The third-order valence-corrected chi connectivity index (χ3v) is 2.78. The van der Waals surface area contributed by atoms with Crippen LogP contribution in [0.1, 0.15) is 12.2 Å². The first-order chi connectivity index (χ1) is 7.59. The predicted octanol–water partition coefficient (Wildman–Crippen LogP) is 2.66. The average Bonchev–Trinajstić information content (AvgIpc) is 2.54. The van der Waals surface area contributed by atoms with Crippen LogP contribution < -0.4 is 0 Å². The highest BCUT2D eigenvalue weighted by Gasteiger charge is 2.12. The van der Waals surface area contributed by atoms with Crippen LogP contribution in [0.15, 0.2) is 18.3 Å². The second-order valence-corrected chi connectivity index (χ2v) is 4.05. The van der Waals surface area contributed by atoms with E-state index in [-0.39, 0.29) is 6.42 Å². The van der Waals surface area contributed by atoms with Crippen LogP contribution in [-0.4, -0.2) is 20.5 Å². The zero-order valence-electron chi connectivity index (χ0n) is 8.15. The van der Waals surface area contributed by atoms with E-state index in [9.17, 15) is 4.79 Å². The van der Waals surface area contributed by atoms with E-state index in [1.54, 1.807) is 22.7 Å². The minimum Gasteiger partial charge on any atom is -0.481 e. The molecule has 0 bridgehead atoms. The van der Waals surface area contributed by atoms with Crippen molar-refractivity contribution in [1.82, 2.24) is 9.38 Å². The maximum Gasteiger partial charge on any atom is 0.303 e. The second-order valence-electron chi connectivity index (χ2n) is 3.29. The summed E-state index contributed by atoms with van der Waals surface area (Å²) in [6.07, 6.45) is 2.10. The highest BCUT2D eigenvalue weighted by Crippen LogP contribution is 2.26. The van der Waals surface area contributed by atoms with Crippen molar-refractivity contribution in [3.63, 3.8) is 0 Å². The molecule has 0 saturated carbocycles. The standard InChI is InChI=1S/C10H8Cl2N2O2/c11-6-2-1-5-14-7(3-4-8(15)16)13-10(12)9(6)14/h1-2,5H,3-4H2,(H,15,16). The Morgan fingerprint density at radius 3 is 2.94 bits per heavy atom. The summed E-state index contributed by atoms with van der Waals surface area (Å²) in [4.78, 5) is 14.6. The first-order valence-electron chi connectivity index (χ1n) is 4.62. The van der Waals surface area contributed by atoms with Crippen molar-refractivity contribution in [2.75, 3.05) is 0 Å². The van der Waals surface area contributed by atoms with Gasteiger partial charge in [-0.1, -0.05) is 23.2 Å². The molecule has 0 aliphatic rings. The van der Waals surface area contributed by atoms with E-state index in [2.05, 4.69) is 4.98 Å². The number of carbonyl (C=O) groups is 1. The molecule has 0 spiro atoms. The maximum absolute atomic E-state index is 10.5. The fraction of sp³-hybridized carbons (Fsp3) is 0.200. The van der Waals surface area contributed by atoms with Gasteiger partial charge in [0.1, 0.15) is 11.3 Å². The molecular weight excluding hydrogens is 251 g/mol. The number of imidazole rings is 1. The van der Waals surface area contributed by atoms with E-state index in [0.29, 0.717) is 27.9 Å². The Kier molecular flexibility index (Phi) is 3.03. The Labute approximate surface area is 101 Å². The molecule has 1 N–H and O–H groups in total. The lowest BCUT2D eigenvalue weighted by atomic mass is 10.3. The summed E-state index contributed by atoms with van der Waals surface area (Å²) >= 11 is 11.9. The van der Waals surface area contributed by atoms with Crippen LogP contribution in [0.2, 0.25) is 10.2 Å². The van der Waals surface area contributed by atoms with E-state index in [0.717, 1.165) is 0 Å². The van der Waals surface area contributed by atoms with E-state index in [4.69, 9.17) is 28.3 Å². The number of aromatic nitrogens is 2. The number of halogens is 2. The van der Waals surface area contributed by atoms with Crippen LogP contribution in [0, 0.1) is 0 Å². The van der Waals surface area contributed by atoms with E-state index in [1.807, 2.05) is 0 Å². The van der Waals surface area contributed by atoms with Crippen molar-refractivity contribution < 1.29 is 9.90 Å². The minimum atomic E-state index is -0.866. The smallest absolute Gasteiger partial charge is 0.303 e. The molecule has 2 aromatic heterocycles. The Morgan fingerprint density at radius 1 is 1.50 bits per heavy atom. The van der Waals surface area contributed by atoms with Crippen LogP contribution in [0.3, 0.4) is 0 Å². The Morgan fingerprint density at radius 2 is 2.25 bits per heavy atom. The van der Waals surface area contributed by atoms with Crippen LogP contribution in [-0.2, 0) is 11.2 Å². The number of carboxylic acid groups (broad SMARTS) is 1. The highest BCUT2D eigenvalue weighted by molar-refractivity contribution is 6.39. The zero-order chi connectivity index (χ0) is 11.7. The van der Waals surface area contributed by atoms with Gasteiger partial charge in [0.25, 0.3) is 0 Å². The van der Waals surface area contributed by atoms with E-state index < -0.39 is 5.97 Å². The molecule has 16 heavy (non-hydrogen) atoms. The normalized spacial score (nSPS) is 10.9. The summed E-state index contributed by atoms with van der Waals surface area (Å²) in [7, 11) is 0. The van der Waals surface area contributed by atoms with Gasteiger partial charge in [-0.2, -0.15) is 0 Å². The molecule has 4 nitrogen and oxygen atoms in total. The van der Waals surface area contributed by atoms with E-state index >= 15 is 0 Å². The van der Waals surface area contributed by atoms with Crippen LogP contribution in [0.4, 0.5) is 0 Å². The fourth-order valence-electron chi connectivity index (χ4n) is 1.51. The molecule has 0 aromatic carbocycles. The molecule has 0 aliphatic carbocycles. The van der Waals surface area contributed by atoms with Crippen molar-refractivity contribution in [2.45, 2.75) is 12.8 Å². The van der Waals surface area contributed by atoms with Crippen LogP contribution >= 0.6 is 23.2 Å². The van der Waals surface area contributed by atoms with Gasteiger partial charge in [-0.15, -0.1) is 0 Å². The lowest BCUT2D eigenvalue weighted by Crippen LogP contribution is -2.01. The first kappa shape index (κ1) is 11.2. The zero-order valence-corrected chi connectivity index (χ0v) is 9.66. The van der Waals surface area contributed by atoms with Gasteiger partial charge in [0, 0.05) is 12.6 Å². The molecule has 2 aromatic rings. The quantitative estimate of drug-likeness (QED) is 0.921. The molecule has 2 heterocycles. The second kappa shape index (κ2) is 4.31. The molecule has 0 amide bonds. The Bertz CT molecular complexity index is 551. The van der Waals surface area contributed by atoms with Gasteiger partial charge in [0.05, 0.1) is 11.4 Å². The summed E-state index contributed by atoms with van der Waals surface area (Å²) in [6, 6.07) is 3.48. The highest BCUT2D eigenvalue weighted by atomic mass is 35.5. The average molecular weight is 259 g/mol. The topological polar surface area (TPSA) is 54.6 Å². The minimum absolute atomic E-state index is 0.0158. The fourth-order valence-corrected chi connectivity index (χ4v) is 2.10. The van der Waals surface area contributed by atoms with Crippen LogP contribution in [0.25, 0.3) is 5.52 Å². The van der Waals surface area contributed by atoms with Gasteiger partial charge in [-0.3, -0.25) is 4.79 Å². The number of fused-ring (bicyclic) bond motifs is 1. The molecule has 0 aliphatic heterocycles. The maximum atomic E-state index is 10.5. The number of aryl methyl sites for hydroxylation is 1. The lowest BCUT2D eigenvalue weighted by molar-refractivity contribution is -0.137. The number of hydrogen-bond donors (Lipinski definition) is 1. The summed E-state index contributed by atoms with van der Waals surface area (Å²) in [5, 5.41) is 9.41. The number of pyridine rings is 1. The van der Waals surface area contributed by atoms with Crippen LogP contribution in [0.5, 0.6) is 0 Å². The van der Waals surface area contributed by atoms with Crippen molar-refractivity contribution >= 4 is 34.7 Å². The Hall–Kier alpha value is -1.26. The number of hydrogen-bond acceptors (Lipinski definition) is 2. The van der Waals surface area contributed by atoms with Gasteiger partial charge in [-0.25, -0.2) is 4.98 Å². The third-order valence-electron chi connectivity index (χ3n) is 2.21. The summed E-state index contributed by atoms with van der Waals surface area (Å²) in [5.41, 5.74) is 0.617. The summed E-state index contributed by atoms with van der Waals surface area (Å²) in [5.74, 6) is -0.264. The summed E-state index contributed by atoms with van der Waals surface area (Å²) in [6.45, 7) is 0. The third kappa shape index (κ3) is 1.99. The van der Waals surface area contributed by atoms with Gasteiger partial charge in [-0.05, 0) is 12.1 Å². The number of rotatable bonds is 3. The molecule has 2 rings (SSSR count). The van der Waals surface area contributed by atoms with Crippen molar-refractivity contribution in [2.24, 2.45) is 0 Å². The van der Waals surface area contributed by atoms with Crippen molar-refractivity contribution in [3.05, 3.63) is 34.3 Å². The molecule has 0 fully saturated rings. The van der Waals surface area contributed by atoms with Gasteiger partial charge in [0.2, 0.25) is 0 Å². The van der Waals surface area contributed by atoms with Gasteiger partial charge < -0.3 is 9.51 Å². The predicted molar refractivity (Wildman–Crippen MR) is 61.2 cm³/mol. The van der Waals surface area contributed by atoms with Crippen molar-refractivity contribution in [1.29, 1.82) is 0 Å². The number of nitrogens with zero attached hydrogens (tertiary/aromatic N) is 2. The number of aliphatic carboxylic acids is 1. The molecule has 0 atom stereocenters. The largest absolute Gasteiger partial charge is 0.481 e. The number of carboxylic acids is 1.